The van der Waals surface area contributed by atoms with Crippen molar-refractivity contribution in [3.63, 3.8) is 0 Å². The fraction of sp³-hybridized carbons (Fsp3) is 0.917. The molecule has 0 radical (unpaired) electrons. The van der Waals surface area contributed by atoms with E-state index in [1.165, 1.54) is 19.3 Å². The van der Waals surface area contributed by atoms with Gasteiger partial charge in [-0.15, -0.1) is 0 Å². The molecule has 0 aromatic carbocycles. The number of rotatable bonds is 3. The molecule has 1 amide bonds. The fourth-order valence-corrected chi connectivity index (χ4v) is 2.71. The average molecular weight is 226 g/mol. The molecule has 1 saturated carbocycles. The Balaban J connectivity index is 1.81. The summed E-state index contributed by atoms with van der Waals surface area (Å²) in [7, 11) is 1.71. The molecule has 2 N–H and O–H groups in total. The maximum absolute atomic E-state index is 12.0. The minimum atomic E-state index is 0.132. The Morgan fingerprint density at radius 1 is 1.25 bits per heavy atom. The first-order valence-corrected chi connectivity index (χ1v) is 6.35. The molecule has 1 unspecified atom stereocenters. The van der Waals surface area contributed by atoms with Crippen LogP contribution in [0.3, 0.4) is 0 Å². The second-order valence-corrected chi connectivity index (χ2v) is 4.88. The van der Waals surface area contributed by atoms with Crippen molar-refractivity contribution in [2.24, 2.45) is 5.92 Å². The zero-order valence-corrected chi connectivity index (χ0v) is 10.00. The molecule has 0 aromatic rings. The van der Waals surface area contributed by atoms with E-state index in [1.54, 1.807) is 7.11 Å². The van der Waals surface area contributed by atoms with Gasteiger partial charge in [0, 0.05) is 26.1 Å². The Morgan fingerprint density at radius 2 is 2.00 bits per heavy atom. The zero-order chi connectivity index (χ0) is 11.4. The number of nitrogens with one attached hydrogen (secondary N) is 2. The number of carbonyl (C=O) groups is 1. The van der Waals surface area contributed by atoms with E-state index in [0.29, 0.717) is 0 Å². The van der Waals surface area contributed by atoms with Crippen molar-refractivity contribution >= 4 is 5.91 Å². The Morgan fingerprint density at radius 3 is 2.69 bits per heavy atom. The second kappa shape index (κ2) is 5.64. The number of methoxy groups -OCH3 is 1. The van der Waals surface area contributed by atoms with E-state index >= 15 is 0 Å². The molecule has 1 aliphatic heterocycles. The van der Waals surface area contributed by atoms with Crippen LogP contribution in [0.15, 0.2) is 0 Å². The van der Waals surface area contributed by atoms with Crippen molar-refractivity contribution in [1.29, 1.82) is 0 Å². The lowest BCUT2D eigenvalue weighted by atomic mass is 9.88. The highest BCUT2D eigenvalue weighted by Crippen LogP contribution is 2.24. The maximum atomic E-state index is 12.0. The van der Waals surface area contributed by atoms with Gasteiger partial charge >= 0.3 is 0 Å². The summed E-state index contributed by atoms with van der Waals surface area (Å²) in [5, 5.41) is 6.37. The summed E-state index contributed by atoms with van der Waals surface area (Å²) in [5.74, 6) is 0.474. The molecule has 1 aliphatic carbocycles. The Kier molecular flexibility index (Phi) is 4.18. The molecule has 1 heterocycles. The molecule has 92 valence electrons. The summed E-state index contributed by atoms with van der Waals surface area (Å²) >= 11 is 0. The highest BCUT2D eigenvalue weighted by atomic mass is 16.5. The maximum Gasteiger partial charge on any atom is 0.223 e. The van der Waals surface area contributed by atoms with E-state index in [1.807, 2.05) is 0 Å². The fourth-order valence-electron chi connectivity index (χ4n) is 2.71. The van der Waals surface area contributed by atoms with E-state index in [2.05, 4.69) is 10.6 Å². The number of hydrogen-bond acceptors (Lipinski definition) is 3. The topological polar surface area (TPSA) is 50.4 Å². The van der Waals surface area contributed by atoms with Gasteiger partial charge in [0.25, 0.3) is 0 Å². The van der Waals surface area contributed by atoms with Crippen molar-refractivity contribution in [3.05, 3.63) is 0 Å². The summed E-state index contributed by atoms with van der Waals surface area (Å²) in [4.78, 5) is 12.0. The van der Waals surface area contributed by atoms with E-state index in [4.69, 9.17) is 4.74 Å². The van der Waals surface area contributed by atoms with E-state index in [-0.39, 0.29) is 24.0 Å². The van der Waals surface area contributed by atoms with Crippen LogP contribution in [-0.2, 0) is 9.53 Å². The molecule has 2 rings (SSSR count). The molecule has 16 heavy (non-hydrogen) atoms. The molecule has 4 heteroatoms. The van der Waals surface area contributed by atoms with Crippen molar-refractivity contribution in [3.8, 4) is 0 Å². The van der Waals surface area contributed by atoms with Gasteiger partial charge in [-0.05, 0) is 12.8 Å². The molecule has 0 bridgehead atoms. The molecule has 2 atom stereocenters. The van der Waals surface area contributed by atoms with E-state index in [0.717, 1.165) is 25.9 Å². The van der Waals surface area contributed by atoms with Gasteiger partial charge in [0.05, 0.1) is 12.1 Å². The SMILES string of the molecule is CO[C@H]1CNCC1NC(=O)C1CCCCC1. The smallest absolute Gasteiger partial charge is 0.223 e. The third-order valence-electron chi connectivity index (χ3n) is 3.76. The molecule has 4 nitrogen and oxygen atoms in total. The third kappa shape index (κ3) is 2.74. The minimum absolute atomic E-state index is 0.132. The van der Waals surface area contributed by atoms with Crippen molar-refractivity contribution in [1.82, 2.24) is 10.6 Å². The Bertz CT molecular complexity index is 239. The van der Waals surface area contributed by atoms with E-state index < -0.39 is 0 Å². The molecular formula is C12H22N2O2. The highest BCUT2D eigenvalue weighted by molar-refractivity contribution is 5.79. The van der Waals surface area contributed by atoms with E-state index in [9.17, 15) is 4.79 Å². The molecule has 2 aliphatic rings. The number of hydrogen-bond donors (Lipinski definition) is 2. The van der Waals surface area contributed by atoms with Crippen molar-refractivity contribution < 1.29 is 9.53 Å². The van der Waals surface area contributed by atoms with Crippen LogP contribution in [0.5, 0.6) is 0 Å². The third-order valence-corrected chi connectivity index (χ3v) is 3.76. The molecule has 1 saturated heterocycles. The number of amides is 1. The predicted molar refractivity (Wildman–Crippen MR) is 62.2 cm³/mol. The van der Waals surface area contributed by atoms with Gasteiger partial charge in [0.15, 0.2) is 0 Å². The van der Waals surface area contributed by atoms with Crippen LogP contribution >= 0.6 is 0 Å². The molecule has 0 spiro atoms. The van der Waals surface area contributed by atoms with Crippen LogP contribution < -0.4 is 10.6 Å². The predicted octanol–water partition coefficient (Wildman–Crippen LogP) is 0.670. The molecule has 2 fully saturated rings. The monoisotopic (exact) mass is 226 g/mol. The quantitative estimate of drug-likeness (QED) is 0.743. The van der Waals surface area contributed by atoms with Gasteiger partial charge in [-0.25, -0.2) is 0 Å². The normalized spacial score (nSPS) is 31.6. The molecular weight excluding hydrogens is 204 g/mol. The summed E-state index contributed by atoms with van der Waals surface area (Å²) in [6, 6.07) is 0.152. The average Bonchev–Trinajstić information content (AvgIpc) is 2.77. The van der Waals surface area contributed by atoms with Crippen LogP contribution in [0.2, 0.25) is 0 Å². The highest BCUT2D eigenvalue weighted by Gasteiger charge is 2.30. The van der Waals surface area contributed by atoms with Gasteiger partial charge in [0.1, 0.15) is 0 Å². The Labute approximate surface area is 97.1 Å². The van der Waals surface area contributed by atoms with Gasteiger partial charge in [0.2, 0.25) is 5.91 Å². The number of carbonyl (C=O) groups excluding carboxylic acids is 1. The van der Waals surface area contributed by atoms with Gasteiger partial charge in [-0.1, -0.05) is 19.3 Å². The van der Waals surface area contributed by atoms with Crippen molar-refractivity contribution in [2.45, 2.75) is 44.2 Å². The van der Waals surface area contributed by atoms with Gasteiger partial charge in [-0.2, -0.15) is 0 Å². The Hall–Kier alpha value is -0.610. The zero-order valence-electron chi connectivity index (χ0n) is 10.00. The summed E-state index contributed by atoms with van der Waals surface area (Å²) in [6.45, 7) is 1.67. The largest absolute Gasteiger partial charge is 0.378 e. The van der Waals surface area contributed by atoms with Crippen molar-refractivity contribution in [2.75, 3.05) is 20.2 Å². The summed E-state index contributed by atoms with van der Waals surface area (Å²) in [5.41, 5.74) is 0. The minimum Gasteiger partial charge on any atom is -0.378 e. The summed E-state index contributed by atoms with van der Waals surface area (Å²) in [6.07, 6.45) is 5.94. The number of ether oxygens (including phenoxy) is 1. The van der Waals surface area contributed by atoms with Gasteiger partial charge < -0.3 is 15.4 Å². The van der Waals surface area contributed by atoms with Crippen LogP contribution in [0.4, 0.5) is 0 Å². The van der Waals surface area contributed by atoms with Gasteiger partial charge in [-0.3, -0.25) is 4.79 Å². The molecule has 0 aromatic heterocycles. The van der Waals surface area contributed by atoms with Crippen LogP contribution in [0.1, 0.15) is 32.1 Å². The lowest BCUT2D eigenvalue weighted by molar-refractivity contribution is -0.127. The lowest BCUT2D eigenvalue weighted by Crippen LogP contribution is -2.46. The standard InChI is InChI=1S/C12H22N2O2/c1-16-11-8-13-7-10(11)14-12(15)9-5-3-2-4-6-9/h9-11,13H,2-8H2,1H3,(H,14,15)/t10?,11-/m0/s1. The first-order chi connectivity index (χ1) is 7.81. The van der Waals surface area contributed by atoms with Crippen LogP contribution in [0, 0.1) is 5.92 Å². The van der Waals surface area contributed by atoms with Crippen LogP contribution in [-0.4, -0.2) is 38.3 Å². The summed E-state index contributed by atoms with van der Waals surface area (Å²) < 4.78 is 5.33. The first-order valence-electron chi connectivity index (χ1n) is 6.35. The second-order valence-electron chi connectivity index (χ2n) is 4.88. The first kappa shape index (κ1) is 11.9. The van der Waals surface area contributed by atoms with Crippen LogP contribution in [0.25, 0.3) is 0 Å². The lowest BCUT2D eigenvalue weighted by Gasteiger charge is -2.24.